The van der Waals surface area contributed by atoms with Crippen molar-refractivity contribution in [3.05, 3.63) is 30.1 Å². The van der Waals surface area contributed by atoms with Crippen LogP contribution in [0.25, 0.3) is 0 Å². The molecule has 0 spiro atoms. The first-order chi connectivity index (χ1) is 8.16. The van der Waals surface area contributed by atoms with Crippen LogP contribution in [0.3, 0.4) is 0 Å². The molecule has 0 aromatic carbocycles. The van der Waals surface area contributed by atoms with E-state index in [4.69, 9.17) is 0 Å². The van der Waals surface area contributed by atoms with Crippen molar-refractivity contribution in [3.8, 4) is 0 Å². The summed E-state index contributed by atoms with van der Waals surface area (Å²) in [4.78, 5) is 3.87. The van der Waals surface area contributed by atoms with Crippen molar-refractivity contribution >= 4 is 10.0 Å². The maximum Gasteiger partial charge on any atom is 0.216 e. The standard InChI is InChI=1S/C11H17N3O2S/c15-17(16,9-10-3-6-12-7-4-10)14-11-2-1-5-13-8-11/h3-4,6-7,11,13-14H,1-2,5,8-9H2/t11-/m1/s1. The highest BCUT2D eigenvalue weighted by molar-refractivity contribution is 7.88. The Bertz CT molecular complexity index is 441. The summed E-state index contributed by atoms with van der Waals surface area (Å²) in [6, 6.07) is 3.46. The van der Waals surface area contributed by atoms with E-state index >= 15 is 0 Å². The molecule has 1 aromatic heterocycles. The molecule has 0 saturated carbocycles. The highest BCUT2D eigenvalue weighted by Crippen LogP contribution is 2.07. The summed E-state index contributed by atoms with van der Waals surface area (Å²) in [6.07, 6.45) is 5.13. The molecular weight excluding hydrogens is 238 g/mol. The molecule has 17 heavy (non-hydrogen) atoms. The van der Waals surface area contributed by atoms with Gasteiger partial charge in [-0.1, -0.05) is 0 Å². The summed E-state index contributed by atoms with van der Waals surface area (Å²) in [6.45, 7) is 1.69. The smallest absolute Gasteiger partial charge is 0.216 e. The lowest BCUT2D eigenvalue weighted by Crippen LogP contribution is -2.45. The lowest BCUT2D eigenvalue weighted by molar-refractivity contribution is 0.428. The minimum Gasteiger partial charge on any atom is -0.315 e. The van der Waals surface area contributed by atoms with Gasteiger partial charge in [-0.05, 0) is 37.1 Å². The molecule has 0 unspecified atom stereocenters. The lowest BCUT2D eigenvalue weighted by Gasteiger charge is -2.23. The average Bonchev–Trinajstić information content (AvgIpc) is 2.30. The van der Waals surface area contributed by atoms with Crippen molar-refractivity contribution in [2.75, 3.05) is 13.1 Å². The number of rotatable bonds is 4. The number of hydrogen-bond acceptors (Lipinski definition) is 4. The van der Waals surface area contributed by atoms with E-state index in [0.29, 0.717) is 0 Å². The number of nitrogens with zero attached hydrogens (tertiary/aromatic N) is 1. The first kappa shape index (κ1) is 12.5. The Morgan fingerprint density at radius 3 is 2.82 bits per heavy atom. The molecule has 2 N–H and O–H groups in total. The second-order valence-electron chi connectivity index (χ2n) is 4.28. The van der Waals surface area contributed by atoms with Gasteiger partial charge >= 0.3 is 0 Å². The molecule has 0 amide bonds. The molecule has 6 heteroatoms. The van der Waals surface area contributed by atoms with Crippen molar-refractivity contribution < 1.29 is 8.42 Å². The van der Waals surface area contributed by atoms with Crippen LogP contribution in [0.4, 0.5) is 0 Å². The maximum absolute atomic E-state index is 11.9. The summed E-state index contributed by atoms with van der Waals surface area (Å²) in [7, 11) is -3.25. The predicted molar refractivity (Wildman–Crippen MR) is 65.9 cm³/mol. The van der Waals surface area contributed by atoms with Crippen LogP contribution in [0, 0.1) is 0 Å². The molecule has 0 bridgehead atoms. The largest absolute Gasteiger partial charge is 0.315 e. The summed E-state index contributed by atoms with van der Waals surface area (Å²) in [5.74, 6) is 0.0199. The lowest BCUT2D eigenvalue weighted by atomic mass is 10.1. The monoisotopic (exact) mass is 255 g/mol. The Morgan fingerprint density at radius 1 is 1.41 bits per heavy atom. The third kappa shape index (κ3) is 4.07. The fraction of sp³-hybridized carbons (Fsp3) is 0.545. The van der Waals surface area contributed by atoms with Gasteiger partial charge in [0, 0.05) is 25.0 Å². The van der Waals surface area contributed by atoms with Crippen LogP contribution in [0.15, 0.2) is 24.5 Å². The van der Waals surface area contributed by atoms with Gasteiger partial charge in [0.2, 0.25) is 10.0 Å². The van der Waals surface area contributed by atoms with Gasteiger partial charge in [0.15, 0.2) is 0 Å². The number of hydrogen-bond donors (Lipinski definition) is 2. The van der Waals surface area contributed by atoms with E-state index in [2.05, 4.69) is 15.0 Å². The molecule has 5 nitrogen and oxygen atoms in total. The van der Waals surface area contributed by atoms with Gasteiger partial charge in [-0.25, -0.2) is 13.1 Å². The van der Waals surface area contributed by atoms with E-state index in [-0.39, 0.29) is 11.8 Å². The molecule has 94 valence electrons. The molecule has 1 aliphatic rings. The number of aromatic nitrogens is 1. The molecule has 1 aliphatic heterocycles. The van der Waals surface area contributed by atoms with Crippen LogP contribution in [-0.2, 0) is 15.8 Å². The number of nitrogens with one attached hydrogen (secondary N) is 2. The third-order valence-electron chi connectivity index (χ3n) is 2.75. The molecular formula is C11H17N3O2S. The van der Waals surface area contributed by atoms with Gasteiger partial charge in [-0.3, -0.25) is 4.98 Å². The third-order valence-corrected chi connectivity index (χ3v) is 4.15. The van der Waals surface area contributed by atoms with Gasteiger partial charge in [0.1, 0.15) is 0 Å². The van der Waals surface area contributed by atoms with Gasteiger partial charge in [-0.2, -0.15) is 0 Å². The van der Waals surface area contributed by atoms with Crippen LogP contribution in [0.2, 0.25) is 0 Å². The Labute approximate surface area is 102 Å². The Balaban J connectivity index is 1.94. The van der Waals surface area contributed by atoms with E-state index < -0.39 is 10.0 Å². The predicted octanol–water partition coefficient (Wildman–Crippen LogP) is 0.253. The zero-order valence-electron chi connectivity index (χ0n) is 9.59. The maximum atomic E-state index is 11.9. The molecule has 1 aromatic rings. The highest BCUT2D eigenvalue weighted by Gasteiger charge is 2.19. The second-order valence-corrected chi connectivity index (χ2v) is 6.03. The fourth-order valence-corrected chi connectivity index (χ4v) is 3.37. The minimum atomic E-state index is -3.25. The molecule has 1 saturated heterocycles. The highest BCUT2D eigenvalue weighted by atomic mass is 32.2. The van der Waals surface area contributed by atoms with Gasteiger partial charge in [-0.15, -0.1) is 0 Å². The quantitative estimate of drug-likeness (QED) is 0.809. The van der Waals surface area contributed by atoms with Crippen molar-refractivity contribution in [2.45, 2.75) is 24.6 Å². The topological polar surface area (TPSA) is 71.1 Å². The van der Waals surface area contributed by atoms with E-state index in [1.807, 2.05) is 0 Å². The summed E-state index contributed by atoms with van der Waals surface area (Å²) in [5.41, 5.74) is 0.760. The summed E-state index contributed by atoms with van der Waals surface area (Å²) in [5, 5.41) is 3.18. The molecule has 1 atom stereocenters. The van der Waals surface area contributed by atoms with E-state index in [0.717, 1.165) is 31.5 Å². The Hall–Kier alpha value is -0.980. The molecule has 0 aliphatic carbocycles. The van der Waals surface area contributed by atoms with Crippen LogP contribution in [-0.4, -0.2) is 32.5 Å². The SMILES string of the molecule is O=S(=O)(Cc1ccncc1)N[C@@H]1CCCNC1. The molecule has 0 radical (unpaired) electrons. The van der Waals surface area contributed by atoms with Crippen molar-refractivity contribution in [1.29, 1.82) is 0 Å². The molecule has 2 heterocycles. The first-order valence-electron chi connectivity index (χ1n) is 5.75. The van der Waals surface area contributed by atoms with Crippen LogP contribution in [0.1, 0.15) is 18.4 Å². The van der Waals surface area contributed by atoms with Crippen LogP contribution < -0.4 is 10.0 Å². The number of pyridine rings is 1. The van der Waals surface area contributed by atoms with Gasteiger partial charge in [0.05, 0.1) is 5.75 Å². The van der Waals surface area contributed by atoms with Crippen molar-refractivity contribution in [2.24, 2.45) is 0 Å². The van der Waals surface area contributed by atoms with Crippen LogP contribution in [0.5, 0.6) is 0 Å². The zero-order chi connectivity index (χ0) is 12.1. The average molecular weight is 255 g/mol. The van der Waals surface area contributed by atoms with Crippen molar-refractivity contribution in [3.63, 3.8) is 0 Å². The summed E-state index contributed by atoms with van der Waals surface area (Å²) >= 11 is 0. The van der Waals surface area contributed by atoms with E-state index in [1.54, 1.807) is 24.5 Å². The number of piperidine rings is 1. The second kappa shape index (κ2) is 5.57. The van der Waals surface area contributed by atoms with Crippen LogP contribution >= 0.6 is 0 Å². The Kier molecular flexibility index (Phi) is 4.09. The number of sulfonamides is 1. The molecule has 2 rings (SSSR count). The first-order valence-corrected chi connectivity index (χ1v) is 7.40. The van der Waals surface area contributed by atoms with Crippen molar-refractivity contribution in [1.82, 2.24) is 15.0 Å². The fourth-order valence-electron chi connectivity index (χ4n) is 1.95. The minimum absolute atomic E-state index is 0.0199. The zero-order valence-corrected chi connectivity index (χ0v) is 10.4. The Morgan fingerprint density at radius 2 is 2.18 bits per heavy atom. The van der Waals surface area contributed by atoms with Gasteiger partial charge in [0.25, 0.3) is 0 Å². The van der Waals surface area contributed by atoms with E-state index in [9.17, 15) is 8.42 Å². The van der Waals surface area contributed by atoms with E-state index in [1.165, 1.54) is 0 Å². The molecule has 1 fully saturated rings. The van der Waals surface area contributed by atoms with Gasteiger partial charge < -0.3 is 5.32 Å². The summed E-state index contributed by atoms with van der Waals surface area (Å²) < 4.78 is 26.6. The normalized spacial score (nSPS) is 21.3.